The first-order valence-corrected chi connectivity index (χ1v) is 7.07. The number of anilines is 1. The predicted molar refractivity (Wildman–Crippen MR) is 77.5 cm³/mol. The van der Waals surface area contributed by atoms with Crippen LogP contribution in [0.2, 0.25) is 5.02 Å². The summed E-state index contributed by atoms with van der Waals surface area (Å²) in [5.41, 5.74) is 0.658. The topological polar surface area (TPSA) is 53.5 Å². The molecule has 0 fully saturated rings. The Hall–Kier alpha value is -1.20. The van der Waals surface area contributed by atoms with E-state index in [4.69, 9.17) is 11.6 Å². The van der Waals surface area contributed by atoms with Crippen molar-refractivity contribution in [3.05, 3.63) is 29.3 Å². The number of rotatable bonds is 4. The van der Waals surface area contributed by atoms with Crippen LogP contribution in [-0.4, -0.2) is 29.9 Å². The van der Waals surface area contributed by atoms with Gasteiger partial charge in [-0.05, 0) is 12.1 Å². The third-order valence-electron chi connectivity index (χ3n) is 2.36. The summed E-state index contributed by atoms with van der Waals surface area (Å²) in [5, 5.41) is 7.43. The number of benzene rings is 1. The number of nitrogens with one attached hydrogen (secondary N) is 2. The Morgan fingerprint density at radius 2 is 2.33 bits per heavy atom. The number of hydrogen-bond donors (Lipinski definition) is 2. The lowest BCUT2D eigenvalue weighted by Gasteiger charge is -2.06. The van der Waals surface area contributed by atoms with Crippen LogP contribution >= 0.6 is 23.4 Å². The van der Waals surface area contributed by atoms with E-state index in [-0.39, 0.29) is 5.91 Å². The highest BCUT2D eigenvalue weighted by Crippen LogP contribution is 2.20. The lowest BCUT2D eigenvalue weighted by Crippen LogP contribution is -2.17. The maximum Gasteiger partial charge on any atom is 0.225 e. The molecule has 18 heavy (non-hydrogen) atoms. The zero-order valence-electron chi connectivity index (χ0n) is 9.78. The molecule has 2 rings (SSSR count). The molecule has 0 unspecified atom stereocenters. The summed E-state index contributed by atoms with van der Waals surface area (Å²) in [6, 6.07) is 7.21. The molecule has 1 aliphatic rings. The Labute approximate surface area is 115 Å². The minimum atomic E-state index is -0.0332. The summed E-state index contributed by atoms with van der Waals surface area (Å²) >= 11 is 7.53. The molecule has 1 heterocycles. The average Bonchev–Trinajstić information content (AvgIpc) is 2.85. The van der Waals surface area contributed by atoms with Crippen LogP contribution in [0.25, 0.3) is 0 Å². The van der Waals surface area contributed by atoms with Gasteiger partial charge >= 0.3 is 0 Å². The SMILES string of the molecule is O=C(CCSC1=NCCN1)Nc1ccccc1Cl. The first kappa shape index (κ1) is 13.2. The standard InChI is InChI=1S/C12H14ClN3OS/c13-9-3-1-2-4-10(9)16-11(17)5-8-18-12-14-6-7-15-12/h1-4H,5-8H2,(H,14,15)(H,16,17). The molecule has 0 bridgehead atoms. The highest BCUT2D eigenvalue weighted by Gasteiger charge is 2.08. The van der Waals surface area contributed by atoms with Crippen molar-refractivity contribution in [1.29, 1.82) is 0 Å². The largest absolute Gasteiger partial charge is 0.363 e. The summed E-state index contributed by atoms with van der Waals surface area (Å²) in [7, 11) is 0. The molecule has 0 saturated carbocycles. The van der Waals surface area contributed by atoms with Crippen LogP contribution in [0.1, 0.15) is 6.42 Å². The molecule has 0 saturated heterocycles. The molecule has 0 aromatic heterocycles. The molecule has 0 spiro atoms. The van der Waals surface area contributed by atoms with E-state index in [0.717, 1.165) is 18.3 Å². The summed E-state index contributed by atoms with van der Waals surface area (Å²) in [4.78, 5) is 15.9. The van der Waals surface area contributed by atoms with Crippen molar-refractivity contribution in [2.24, 2.45) is 4.99 Å². The van der Waals surface area contributed by atoms with E-state index in [0.29, 0.717) is 22.9 Å². The van der Waals surface area contributed by atoms with Gasteiger partial charge in [-0.1, -0.05) is 35.5 Å². The maximum absolute atomic E-state index is 11.7. The molecule has 96 valence electrons. The Morgan fingerprint density at radius 3 is 3.06 bits per heavy atom. The van der Waals surface area contributed by atoms with Crippen molar-refractivity contribution in [1.82, 2.24) is 5.32 Å². The van der Waals surface area contributed by atoms with Crippen LogP contribution in [-0.2, 0) is 4.79 Å². The van der Waals surface area contributed by atoms with Crippen molar-refractivity contribution in [3.63, 3.8) is 0 Å². The van der Waals surface area contributed by atoms with Gasteiger partial charge in [-0.25, -0.2) is 0 Å². The van der Waals surface area contributed by atoms with Gasteiger partial charge in [0.2, 0.25) is 5.91 Å². The second kappa shape index (κ2) is 6.66. The fourth-order valence-corrected chi connectivity index (χ4v) is 2.54. The van der Waals surface area contributed by atoms with Gasteiger partial charge in [0.1, 0.15) is 0 Å². The second-order valence-corrected chi connectivity index (χ2v) is 5.23. The molecule has 0 atom stereocenters. The van der Waals surface area contributed by atoms with Crippen LogP contribution in [0.3, 0.4) is 0 Å². The fraction of sp³-hybridized carbons (Fsp3) is 0.333. The zero-order chi connectivity index (χ0) is 12.8. The summed E-state index contributed by atoms with van der Waals surface area (Å²) in [6.07, 6.45) is 0.441. The molecule has 6 heteroatoms. The van der Waals surface area contributed by atoms with Gasteiger partial charge < -0.3 is 10.6 Å². The highest BCUT2D eigenvalue weighted by molar-refractivity contribution is 8.13. The van der Waals surface area contributed by atoms with Crippen LogP contribution in [0.4, 0.5) is 5.69 Å². The van der Waals surface area contributed by atoms with Crippen LogP contribution < -0.4 is 10.6 Å². The third kappa shape index (κ3) is 3.92. The third-order valence-corrected chi connectivity index (χ3v) is 3.64. The van der Waals surface area contributed by atoms with Gasteiger partial charge in [0.15, 0.2) is 5.17 Å². The molecule has 4 nitrogen and oxygen atoms in total. The fourth-order valence-electron chi connectivity index (χ4n) is 1.49. The van der Waals surface area contributed by atoms with Crippen molar-refractivity contribution in [2.75, 3.05) is 24.2 Å². The minimum Gasteiger partial charge on any atom is -0.363 e. The number of carbonyl (C=O) groups excluding carboxylic acids is 1. The van der Waals surface area contributed by atoms with Crippen molar-refractivity contribution in [2.45, 2.75) is 6.42 Å². The van der Waals surface area contributed by atoms with Crippen LogP contribution in [0.15, 0.2) is 29.3 Å². The van der Waals surface area contributed by atoms with E-state index in [1.54, 1.807) is 23.9 Å². The first-order chi connectivity index (χ1) is 8.75. The van der Waals surface area contributed by atoms with Crippen molar-refractivity contribution < 1.29 is 4.79 Å². The predicted octanol–water partition coefficient (Wildman–Crippen LogP) is 2.36. The normalized spacial score (nSPS) is 13.9. The molecule has 1 aromatic carbocycles. The molecule has 2 N–H and O–H groups in total. The van der Waals surface area contributed by atoms with E-state index < -0.39 is 0 Å². The van der Waals surface area contributed by atoms with Crippen LogP contribution in [0.5, 0.6) is 0 Å². The van der Waals surface area contributed by atoms with E-state index in [1.165, 1.54) is 0 Å². The maximum atomic E-state index is 11.7. The number of nitrogens with zero attached hydrogens (tertiary/aromatic N) is 1. The number of halogens is 1. The molecule has 0 aliphatic carbocycles. The number of aliphatic imine (C=N–C) groups is 1. The summed E-state index contributed by atoms with van der Waals surface area (Å²) in [6.45, 7) is 1.72. The number of para-hydroxylation sites is 1. The van der Waals surface area contributed by atoms with Gasteiger partial charge in [0, 0.05) is 18.7 Å². The molecular weight excluding hydrogens is 270 g/mol. The Balaban J connectivity index is 1.73. The molecule has 0 radical (unpaired) electrons. The number of amides is 1. The summed E-state index contributed by atoms with van der Waals surface area (Å²) < 4.78 is 0. The van der Waals surface area contributed by atoms with Crippen molar-refractivity contribution in [3.8, 4) is 0 Å². The zero-order valence-corrected chi connectivity index (χ0v) is 11.4. The van der Waals surface area contributed by atoms with E-state index in [2.05, 4.69) is 15.6 Å². The number of thioether (sulfide) groups is 1. The monoisotopic (exact) mass is 283 g/mol. The van der Waals surface area contributed by atoms with E-state index in [9.17, 15) is 4.79 Å². The number of carbonyl (C=O) groups is 1. The quantitative estimate of drug-likeness (QED) is 0.892. The van der Waals surface area contributed by atoms with E-state index >= 15 is 0 Å². The molecular formula is C12H14ClN3OS. The minimum absolute atomic E-state index is 0.0332. The second-order valence-electron chi connectivity index (χ2n) is 3.74. The van der Waals surface area contributed by atoms with Gasteiger partial charge in [-0.2, -0.15) is 0 Å². The molecule has 1 aromatic rings. The van der Waals surface area contributed by atoms with Crippen molar-refractivity contribution >= 4 is 40.1 Å². The first-order valence-electron chi connectivity index (χ1n) is 5.71. The number of hydrogen-bond acceptors (Lipinski definition) is 4. The lowest BCUT2D eigenvalue weighted by molar-refractivity contribution is -0.115. The van der Waals surface area contributed by atoms with Gasteiger partial charge in [0.25, 0.3) is 0 Å². The summed E-state index contributed by atoms with van der Waals surface area (Å²) in [5.74, 6) is 0.677. The lowest BCUT2D eigenvalue weighted by atomic mass is 10.3. The smallest absolute Gasteiger partial charge is 0.225 e. The Bertz CT molecular complexity index is 464. The highest BCUT2D eigenvalue weighted by atomic mass is 35.5. The Morgan fingerprint density at radius 1 is 1.50 bits per heavy atom. The molecule has 1 aliphatic heterocycles. The average molecular weight is 284 g/mol. The van der Waals surface area contributed by atoms with Gasteiger partial charge in [-0.15, -0.1) is 0 Å². The van der Waals surface area contributed by atoms with Crippen LogP contribution in [0, 0.1) is 0 Å². The molecule has 1 amide bonds. The Kier molecular flexibility index (Phi) is 4.90. The van der Waals surface area contributed by atoms with E-state index in [1.807, 2.05) is 12.1 Å². The number of amidine groups is 1. The van der Waals surface area contributed by atoms with Gasteiger partial charge in [-0.3, -0.25) is 9.79 Å². The van der Waals surface area contributed by atoms with Gasteiger partial charge in [0.05, 0.1) is 17.3 Å².